The van der Waals surface area contributed by atoms with Gasteiger partial charge in [-0.1, -0.05) is 112 Å². The first kappa shape index (κ1) is 27.6. The van der Waals surface area contributed by atoms with E-state index in [4.69, 9.17) is 9.16 Å². The maximum atomic E-state index is 12.9. The monoisotopic (exact) mass is 542 g/mol. The zero-order chi connectivity index (χ0) is 27.3. The highest BCUT2D eigenvalue weighted by Crippen LogP contribution is 2.38. The smallest absolute Gasteiger partial charge is 0.410 e. The van der Waals surface area contributed by atoms with Gasteiger partial charge >= 0.3 is 6.09 Å². The van der Waals surface area contributed by atoms with Crippen LogP contribution in [0, 0.1) is 0 Å². The number of amides is 1. The lowest BCUT2D eigenvalue weighted by atomic mass is 10.1. The third-order valence-corrected chi connectivity index (χ3v) is 13.4. The Morgan fingerprint density at radius 1 is 0.821 bits per heavy atom. The maximum Gasteiger partial charge on any atom is 0.410 e. The van der Waals surface area contributed by atoms with Crippen molar-refractivity contribution in [1.82, 2.24) is 9.80 Å². The number of hydrogen-bond acceptors (Lipinski definition) is 4. The van der Waals surface area contributed by atoms with Crippen molar-refractivity contribution in [2.75, 3.05) is 26.2 Å². The van der Waals surface area contributed by atoms with Gasteiger partial charge in [0.25, 0.3) is 8.32 Å². The van der Waals surface area contributed by atoms with Crippen molar-refractivity contribution in [3.8, 4) is 0 Å². The Labute approximate surface area is 234 Å². The Bertz CT molecular complexity index is 1160. The maximum absolute atomic E-state index is 12.9. The van der Waals surface area contributed by atoms with Crippen LogP contribution in [0.25, 0.3) is 0 Å². The molecule has 1 amide bonds. The van der Waals surface area contributed by atoms with E-state index in [0.717, 1.165) is 51.0 Å². The summed E-state index contributed by atoms with van der Waals surface area (Å²) in [7, 11) is -2.58. The molecule has 0 bridgehead atoms. The van der Waals surface area contributed by atoms with Crippen LogP contribution < -0.4 is 10.4 Å². The molecule has 0 saturated carbocycles. The lowest BCUT2D eigenvalue weighted by Crippen LogP contribution is -2.68. The number of nitrogens with zero attached hydrogens (tertiary/aromatic N) is 2. The Hall–Kier alpha value is -2.93. The van der Waals surface area contributed by atoms with Gasteiger partial charge in [-0.2, -0.15) is 0 Å². The molecule has 0 radical (unpaired) electrons. The molecule has 5 rings (SSSR count). The number of benzene rings is 3. The van der Waals surface area contributed by atoms with Gasteiger partial charge in [-0.25, -0.2) is 4.79 Å². The molecule has 206 valence electrons. The molecule has 1 unspecified atom stereocenters. The van der Waals surface area contributed by atoms with Crippen LogP contribution in [-0.2, 0) is 15.8 Å². The Kier molecular flexibility index (Phi) is 8.55. The van der Waals surface area contributed by atoms with Gasteiger partial charge in [0.1, 0.15) is 6.61 Å². The molecular weight excluding hydrogens is 500 g/mol. The van der Waals surface area contributed by atoms with Crippen LogP contribution in [0.3, 0.4) is 0 Å². The Balaban J connectivity index is 1.28. The van der Waals surface area contributed by atoms with E-state index < -0.39 is 8.32 Å². The van der Waals surface area contributed by atoms with Crippen LogP contribution in [-0.4, -0.2) is 62.5 Å². The molecule has 2 heterocycles. The molecule has 5 nitrogen and oxygen atoms in total. The van der Waals surface area contributed by atoms with Gasteiger partial charge < -0.3 is 14.1 Å². The zero-order valence-corrected chi connectivity index (χ0v) is 24.6. The number of piperidine rings is 1. The Morgan fingerprint density at radius 2 is 1.41 bits per heavy atom. The number of ether oxygens (including phenoxy) is 1. The summed E-state index contributed by atoms with van der Waals surface area (Å²) in [6, 6.07) is 32.0. The first-order valence-electron chi connectivity index (χ1n) is 14.4. The van der Waals surface area contributed by atoms with E-state index in [9.17, 15) is 4.79 Å². The van der Waals surface area contributed by atoms with E-state index in [2.05, 4.69) is 86.3 Å². The van der Waals surface area contributed by atoms with Crippen LogP contribution in [0.15, 0.2) is 91.0 Å². The molecule has 3 aromatic carbocycles. The van der Waals surface area contributed by atoms with Crippen LogP contribution in [0.4, 0.5) is 4.79 Å². The van der Waals surface area contributed by atoms with Crippen LogP contribution in [0.5, 0.6) is 0 Å². The molecule has 2 saturated heterocycles. The lowest BCUT2D eigenvalue weighted by molar-refractivity contribution is 0.0634. The van der Waals surface area contributed by atoms with E-state index in [1.165, 1.54) is 10.4 Å². The minimum Gasteiger partial charge on any atom is -0.445 e. The molecule has 6 heteroatoms. The predicted octanol–water partition coefficient (Wildman–Crippen LogP) is 5.44. The number of carbonyl (C=O) groups is 1. The highest BCUT2D eigenvalue weighted by atomic mass is 28.4. The van der Waals surface area contributed by atoms with Crippen molar-refractivity contribution in [2.24, 2.45) is 0 Å². The van der Waals surface area contributed by atoms with E-state index in [-0.39, 0.29) is 17.2 Å². The van der Waals surface area contributed by atoms with Gasteiger partial charge in [-0.3, -0.25) is 4.90 Å². The average Bonchev–Trinajstić information content (AvgIpc) is 3.44. The molecule has 0 aromatic heterocycles. The minimum atomic E-state index is -2.58. The van der Waals surface area contributed by atoms with Crippen molar-refractivity contribution < 1.29 is 14.0 Å². The largest absolute Gasteiger partial charge is 0.445 e. The zero-order valence-electron chi connectivity index (χ0n) is 23.6. The molecule has 0 N–H and O–H groups in total. The second-order valence-electron chi connectivity index (χ2n) is 12.0. The van der Waals surface area contributed by atoms with E-state index >= 15 is 0 Å². The van der Waals surface area contributed by atoms with Gasteiger partial charge in [-0.05, 0) is 40.2 Å². The fourth-order valence-electron chi connectivity index (χ4n) is 6.35. The molecule has 0 aliphatic carbocycles. The number of rotatable bonds is 7. The van der Waals surface area contributed by atoms with Gasteiger partial charge in [0.2, 0.25) is 0 Å². The summed E-state index contributed by atoms with van der Waals surface area (Å²) in [5.41, 5.74) is 1.02. The summed E-state index contributed by atoms with van der Waals surface area (Å²) < 4.78 is 13.1. The molecule has 2 atom stereocenters. The Morgan fingerprint density at radius 3 is 2.00 bits per heavy atom. The fraction of sp³-hybridized carbons (Fsp3) is 0.424. The SMILES string of the molecule is CC(C)(C)[Si](OC1CCN([C@H]2CCCN(C(=O)OCc3ccccc3)C2)C1)(c1ccccc1)c1ccccc1. The third-order valence-electron chi connectivity index (χ3n) is 8.31. The number of carbonyl (C=O) groups excluding carboxylic acids is 1. The first-order valence-corrected chi connectivity index (χ1v) is 16.3. The summed E-state index contributed by atoms with van der Waals surface area (Å²) in [5.74, 6) is 0. The van der Waals surface area contributed by atoms with Gasteiger partial charge in [-0.15, -0.1) is 0 Å². The van der Waals surface area contributed by atoms with E-state index in [0.29, 0.717) is 12.6 Å². The fourth-order valence-corrected chi connectivity index (χ4v) is 11.1. The van der Waals surface area contributed by atoms with Gasteiger partial charge in [0.15, 0.2) is 0 Å². The molecule has 39 heavy (non-hydrogen) atoms. The van der Waals surface area contributed by atoms with E-state index in [1.807, 2.05) is 35.2 Å². The number of hydrogen-bond donors (Lipinski definition) is 0. The molecule has 3 aromatic rings. The van der Waals surface area contributed by atoms with Crippen LogP contribution >= 0.6 is 0 Å². The second-order valence-corrected chi connectivity index (χ2v) is 16.2. The standard InChI is InChI=1S/C33H42N2O3Si/c1-33(2,3)39(30-17-9-5-10-18-30,31-19-11-6-12-20-31)38-29-21-23-34(25-29)28-16-13-22-35(24-28)32(36)37-26-27-14-7-4-8-15-27/h4-12,14-15,17-20,28-29H,13,16,21-26H2,1-3H3/t28-,29?/m0/s1. The molecule has 2 aliphatic heterocycles. The minimum absolute atomic E-state index is 0.0344. The number of likely N-dealkylation sites (tertiary alicyclic amines) is 2. The molecule has 0 spiro atoms. The van der Waals surface area contributed by atoms with Crippen molar-refractivity contribution in [3.05, 3.63) is 96.6 Å². The van der Waals surface area contributed by atoms with Gasteiger partial charge in [0, 0.05) is 32.2 Å². The van der Waals surface area contributed by atoms with Gasteiger partial charge in [0.05, 0.1) is 6.10 Å². The molecular formula is C33H42N2O3Si. The summed E-state index contributed by atoms with van der Waals surface area (Å²) in [4.78, 5) is 17.3. The van der Waals surface area contributed by atoms with Crippen molar-refractivity contribution in [1.29, 1.82) is 0 Å². The summed E-state index contributed by atoms with van der Waals surface area (Å²) in [6.07, 6.45) is 3.08. The normalized spacial score (nSPS) is 20.6. The second kappa shape index (κ2) is 12.1. The van der Waals surface area contributed by atoms with Crippen LogP contribution in [0.1, 0.15) is 45.6 Å². The quantitative estimate of drug-likeness (QED) is 0.373. The first-order chi connectivity index (χ1) is 18.9. The van der Waals surface area contributed by atoms with E-state index in [1.54, 1.807) is 0 Å². The summed E-state index contributed by atoms with van der Waals surface area (Å²) in [5, 5.41) is 2.62. The highest BCUT2D eigenvalue weighted by molar-refractivity contribution is 6.99. The summed E-state index contributed by atoms with van der Waals surface area (Å²) >= 11 is 0. The summed E-state index contributed by atoms with van der Waals surface area (Å²) in [6.45, 7) is 10.7. The molecule has 2 fully saturated rings. The topological polar surface area (TPSA) is 42.0 Å². The third kappa shape index (κ3) is 6.13. The van der Waals surface area contributed by atoms with Crippen LogP contribution in [0.2, 0.25) is 5.04 Å². The molecule has 2 aliphatic rings. The highest BCUT2D eigenvalue weighted by Gasteiger charge is 2.52. The average molecular weight is 543 g/mol. The predicted molar refractivity (Wildman–Crippen MR) is 160 cm³/mol. The van der Waals surface area contributed by atoms with Crippen molar-refractivity contribution >= 4 is 24.8 Å². The lowest BCUT2D eigenvalue weighted by Gasteiger charge is -2.45. The van der Waals surface area contributed by atoms with Crippen molar-refractivity contribution in [3.63, 3.8) is 0 Å². The van der Waals surface area contributed by atoms with Crippen molar-refractivity contribution in [2.45, 2.75) is 63.8 Å².